The van der Waals surface area contributed by atoms with E-state index in [1.807, 2.05) is 58.0 Å². The molecule has 1 aromatic rings. The molecule has 0 bridgehead atoms. The van der Waals surface area contributed by atoms with Crippen molar-refractivity contribution in [3.8, 4) is 0 Å². The van der Waals surface area contributed by atoms with E-state index in [9.17, 15) is 4.79 Å². The van der Waals surface area contributed by atoms with E-state index in [0.29, 0.717) is 5.56 Å². The minimum absolute atomic E-state index is 0.148. The molecule has 0 aromatic heterocycles. The van der Waals surface area contributed by atoms with E-state index in [1.165, 1.54) is 0 Å². The zero-order valence-electron chi connectivity index (χ0n) is 11.2. The van der Waals surface area contributed by atoms with Gasteiger partial charge < -0.3 is 9.64 Å². The van der Waals surface area contributed by atoms with Crippen LogP contribution in [0.5, 0.6) is 0 Å². The van der Waals surface area contributed by atoms with Crippen molar-refractivity contribution in [3.63, 3.8) is 0 Å². The number of carbonyl (C=O) groups is 1. The molecule has 1 aromatic carbocycles. The molecule has 1 unspecified atom stereocenters. The minimum Gasteiger partial charge on any atom is -0.454 e. The lowest BCUT2D eigenvalue weighted by molar-refractivity contribution is -0.0339. The van der Waals surface area contributed by atoms with E-state index >= 15 is 0 Å². The van der Waals surface area contributed by atoms with Gasteiger partial charge in [0.25, 0.3) is 0 Å². The molecule has 1 rings (SSSR count). The molecule has 0 fully saturated rings. The van der Waals surface area contributed by atoms with E-state index in [0.717, 1.165) is 0 Å². The summed E-state index contributed by atoms with van der Waals surface area (Å²) in [5.41, 5.74) is 0.0719. The van der Waals surface area contributed by atoms with Crippen LogP contribution >= 0.6 is 0 Å². The maximum Gasteiger partial charge on any atom is 0.338 e. The van der Waals surface area contributed by atoms with Crippen LogP contribution in [0.25, 0.3) is 0 Å². The smallest absolute Gasteiger partial charge is 0.338 e. The summed E-state index contributed by atoms with van der Waals surface area (Å²) in [6.45, 7) is 5.90. The number of carbonyl (C=O) groups excluding carboxylic acids is 1. The fourth-order valence-electron chi connectivity index (χ4n) is 1.58. The van der Waals surface area contributed by atoms with Gasteiger partial charge in [0.05, 0.1) is 5.56 Å². The summed E-state index contributed by atoms with van der Waals surface area (Å²) in [5, 5.41) is 0. The largest absolute Gasteiger partial charge is 0.454 e. The molecule has 0 aliphatic carbocycles. The molecule has 0 saturated heterocycles. The third kappa shape index (κ3) is 3.56. The van der Waals surface area contributed by atoms with Gasteiger partial charge in [0.1, 0.15) is 5.60 Å². The molecule has 0 heterocycles. The van der Waals surface area contributed by atoms with E-state index in [-0.39, 0.29) is 12.0 Å². The number of likely N-dealkylation sites (N-methyl/N-ethyl adjacent to an activating group) is 1. The molecule has 0 radical (unpaired) electrons. The topological polar surface area (TPSA) is 29.5 Å². The summed E-state index contributed by atoms with van der Waals surface area (Å²) >= 11 is 0. The quantitative estimate of drug-likeness (QED) is 0.751. The van der Waals surface area contributed by atoms with Gasteiger partial charge >= 0.3 is 5.97 Å². The average molecular weight is 235 g/mol. The summed E-state index contributed by atoms with van der Waals surface area (Å²) in [6.07, 6.45) is 0. The fraction of sp³-hybridized carbons (Fsp3) is 0.500. The van der Waals surface area contributed by atoms with Crippen molar-refractivity contribution < 1.29 is 9.53 Å². The zero-order chi connectivity index (χ0) is 13.1. The highest BCUT2D eigenvalue weighted by molar-refractivity contribution is 5.89. The Labute approximate surface area is 103 Å². The molecule has 3 heteroatoms. The Bertz CT molecular complexity index is 371. The maximum absolute atomic E-state index is 11.9. The predicted molar refractivity (Wildman–Crippen MR) is 69.1 cm³/mol. The predicted octanol–water partition coefficient (Wildman–Crippen LogP) is 2.57. The molecular weight excluding hydrogens is 214 g/mol. The van der Waals surface area contributed by atoms with Gasteiger partial charge in [-0.15, -0.1) is 0 Å². The van der Waals surface area contributed by atoms with Gasteiger partial charge in [0, 0.05) is 6.04 Å². The first kappa shape index (κ1) is 13.7. The number of ether oxygens (including phenoxy) is 1. The van der Waals surface area contributed by atoms with Gasteiger partial charge in [-0.2, -0.15) is 0 Å². The van der Waals surface area contributed by atoms with Crippen molar-refractivity contribution in [2.45, 2.75) is 32.4 Å². The number of rotatable bonds is 4. The van der Waals surface area contributed by atoms with Crippen LogP contribution in [0, 0.1) is 0 Å². The van der Waals surface area contributed by atoms with Crippen LogP contribution in [0.1, 0.15) is 31.1 Å². The highest BCUT2D eigenvalue weighted by Gasteiger charge is 2.31. The molecule has 0 aliphatic rings. The van der Waals surface area contributed by atoms with Crippen molar-refractivity contribution in [1.82, 2.24) is 4.90 Å². The van der Waals surface area contributed by atoms with E-state index in [1.54, 1.807) is 12.1 Å². The summed E-state index contributed by atoms with van der Waals surface area (Å²) in [4.78, 5) is 14.0. The van der Waals surface area contributed by atoms with Gasteiger partial charge in [0.15, 0.2) is 0 Å². The summed E-state index contributed by atoms with van der Waals surface area (Å²) in [6, 6.07) is 9.22. The highest BCUT2D eigenvalue weighted by atomic mass is 16.6. The lowest BCUT2D eigenvalue weighted by atomic mass is 9.99. The van der Waals surface area contributed by atoms with Gasteiger partial charge in [-0.1, -0.05) is 18.2 Å². The van der Waals surface area contributed by atoms with Crippen molar-refractivity contribution in [3.05, 3.63) is 35.9 Å². The first-order chi connectivity index (χ1) is 7.84. The molecule has 17 heavy (non-hydrogen) atoms. The molecule has 3 nitrogen and oxygen atoms in total. The van der Waals surface area contributed by atoms with Gasteiger partial charge in [-0.25, -0.2) is 4.79 Å². The number of hydrogen-bond acceptors (Lipinski definition) is 3. The number of esters is 1. The molecule has 0 spiro atoms. The first-order valence-electron chi connectivity index (χ1n) is 5.79. The van der Waals surface area contributed by atoms with Crippen LogP contribution in [0.15, 0.2) is 30.3 Å². The third-order valence-electron chi connectivity index (χ3n) is 3.15. The van der Waals surface area contributed by atoms with Crippen molar-refractivity contribution >= 4 is 5.97 Å². The Balaban J connectivity index is 2.75. The molecular formula is C14H21NO2. The molecule has 0 saturated carbocycles. The Morgan fingerprint density at radius 2 is 1.76 bits per heavy atom. The zero-order valence-corrected chi connectivity index (χ0v) is 11.2. The third-order valence-corrected chi connectivity index (χ3v) is 3.15. The van der Waals surface area contributed by atoms with Crippen molar-refractivity contribution in [2.75, 3.05) is 14.1 Å². The van der Waals surface area contributed by atoms with Gasteiger partial charge in [-0.05, 0) is 47.0 Å². The van der Waals surface area contributed by atoms with Crippen LogP contribution in [0.2, 0.25) is 0 Å². The molecule has 94 valence electrons. The van der Waals surface area contributed by atoms with Gasteiger partial charge in [0.2, 0.25) is 0 Å². The lowest BCUT2D eigenvalue weighted by Gasteiger charge is -2.35. The van der Waals surface area contributed by atoms with Crippen LogP contribution in [-0.4, -0.2) is 36.6 Å². The molecule has 0 aliphatic heterocycles. The van der Waals surface area contributed by atoms with Crippen molar-refractivity contribution in [1.29, 1.82) is 0 Å². The SMILES string of the molecule is CC(N(C)C)C(C)(C)OC(=O)c1ccccc1. The average Bonchev–Trinajstić information content (AvgIpc) is 2.28. The second-order valence-corrected chi connectivity index (χ2v) is 5.00. The second kappa shape index (κ2) is 5.32. The number of hydrogen-bond donors (Lipinski definition) is 0. The Morgan fingerprint density at radius 3 is 2.24 bits per heavy atom. The lowest BCUT2D eigenvalue weighted by Crippen LogP contribution is -2.47. The highest BCUT2D eigenvalue weighted by Crippen LogP contribution is 2.20. The summed E-state index contributed by atoms with van der Waals surface area (Å²) in [7, 11) is 3.95. The normalized spacial score (nSPS) is 13.5. The van der Waals surface area contributed by atoms with E-state index in [2.05, 4.69) is 0 Å². The van der Waals surface area contributed by atoms with Crippen LogP contribution in [0.3, 0.4) is 0 Å². The van der Waals surface area contributed by atoms with Gasteiger partial charge in [-0.3, -0.25) is 0 Å². The monoisotopic (exact) mass is 235 g/mol. The molecule has 1 atom stereocenters. The van der Waals surface area contributed by atoms with Crippen LogP contribution in [-0.2, 0) is 4.74 Å². The first-order valence-corrected chi connectivity index (χ1v) is 5.79. The number of nitrogens with zero attached hydrogens (tertiary/aromatic N) is 1. The molecule has 0 N–H and O–H groups in total. The maximum atomic E-state index is 11.9. The van der Waals surface area contributed by atoms with Crippen LogP contribution in [0.4, 0.5) is 0 Å². The fourth-order valence-corrected chi connectivity index (χ4v) is 1.58. The van der Waals surface area contributed by atoms with Crippen molar-refractivity contribution in [2.24, 2.45) is 0 Å². The summed E-state index contributed by atoms with van der Waals surface area (Å²) in [5.74, 6) is -0.274. The number of benzene rings is 1. The van der Waals surface area contributed by atoms with E-state index < -0.39 is 5.60 Å². The van der Waals surface area contributed by atoms with Crippen LogP contribution < -0.4 is 0 Å². The Kier molecular flexibility index (Phi) is 4.29. The van der Waals surface area contributed by atoms with E-state index in [4.69, 9.17) is 4.74 Å². The minimum atomic E-state index is -0.517. The Hall–Kier alpha value is -1.35. The summed E-state index contributed by atoms with van der Waals surface area (Å²) < 4.78 is 5.57. The molecule has 0 amide bonds. The standard InChI is InChI=1S/C14H21NO2/c1-11(15(4)5)14(2,3)17-13(16)12-9-7-6-8-10-12/h6-11H,1-5H3. The second-order valence-electron chi connectivity index (χ2n) is 5.00. The Morgan fingerprint density at radius 1 is 1.24 bits per heavy atom.